The molecular weight excluding hydrogens is 493 g/mol. The summed E-state index contributed by atoms with van der Waals surface area (Å²) < 4.78 is 54.8. The van der Waals surface area contributed by atoms with E-state index in [1.807, 2.05) is 0 Å². The van der Waals surface area contributed by atoms with Gasteiger partial charge in [0.15, 0.2) is 23.2 Å². The van der Waals surface area contributed by atoms with E-state index < -0.39 is 29.5 Å². The number of carbonyl (C=O) groups is 1. The Morgan fingerprint density at radius 2 is 1.47 bits per heavy atom. The maximum Gasteiger partial charge on any atom is 0.343 e. The van der Waals surface area contributed by atoms with Crippen molar-refractivity contribution >= 4 is 5.97 Å². The molecule has 0 saturated heterocycles. The van der Waals surface area contributed by atoms with E-state index in [-0.39, 0.29) is 22.4 Å². The number of halogens is 3. The van der Waals surface area contributed by atoms with Crippen LogP contribution in [0.3, 0.4) is 0 Å². The van der Waals surface area contributed by atoms with Crippen molar-refractivity contribution in [2.24, 2.45) is 0 Å². The second-order valence-corrected chi connectivity index (χ2v) is 8.57. The zero-order valence-corrected chi connectivity index (χ0v) is 20.6. The lowest BCUT2D eigenvalue weighted by atomic mass is 9.97. The molecule has 1 unspecified atom stereocenters. The van der Waals surface area contributed by atoms with Gasteiger partial charge in [0.25, 0.3) is 0 Å². The van der Waals surface area contributed by atoms with Gasteiger partial charge in [-0.1, -0.05) is 54.6 Å². The van der Waals surface area contributed by atoms with Gasteiger partial charge < -0.3 is 14.6 Å². The third-order valence-corrected chi connectivity index (χ3v) is 5.91. The molecule has 7 heteroatoms. The number of esters is 1. The molecule has 4 aromatic carbocycles. The van der Waals surface area contributed by atoms with Crippen molar-refractivity contribution in [2.75, 3.05) is 6.61 Å². The van der Waals surface area contributed by atoms with Crippen LogP contribution in [0.1, 0.15) is 35.4 Å². The van der Waals surface area contributed by atoms with Crippen molar-refractivity contribution in [3.63, 3.8) is 0 Å². The Labute approximate surface area is 218 Å². The van der Waals surface area contributed by atoms with Crippen LogP contribution in [0, 0.1) is 17.5 Å². The molecule has 0 saturated carbocycles. The van der Waals surface area contributed by atoms with Crippen LogP contribution in [0.2, 0.25) is 0 Å². The largest absolute Gasteiger partial charge is 0.493 e. The molecule has 0 aliphatic carbocycles. The molecule has 0 bridgehead atoms. The highest BCUT2D eigenvalue weighted by Gasteiger charge is 2.18. The van der Waals surface area contributed by atoms with Crippen molar-refractivity contribution < 1.29 is 32.5 Å². The average Bonchev–Trinajstić information content (AvgIpc) is 2.92. The quantitative estimate of drug-likeness (QED) is 0.107. The minimum Gasteiger partial charge on any atom is -0.493 e. The Morgan fingerprint density at radius 1 is 0.895 bits per heavy atom. The molecule has 4 nitrogen and oxygen atoms in total. The topological polar surface area (TPSA) is 55.8 Å². The molecule has 1 N–H and O–H groups in total. The van der Waals surface area contributed by atoms with E-state index in [0.29, 0.717) is 35.5 Å². The molecule has 1 atom stereocenters. The second-order valence-electron chi connectivity index (χ2n) is 8.57. The van der Waals surface area contributed by atoms with E-state index in [1.54, 1.807) is 37.3 Å². The number of carbonyl (C=O) groups excluding carboxylic acids is 1. The van der Waals surface area contributed by atoms with Crippen LogP contribution < -0.4 is 9.47 Å². The highest BCUT2D eigenvalue weighted by molar-refractivity contribution is 5.91. The fourth-order valence-corrected chi connectivity index (χ4v) is 3.80. The molecule has 0 spiro atoms. The number of aliphatic hydroxyl groups is 1. The molecule has 0 aliphatic heterocycles. The molecule has 0 heterocycles. The van der Waals surface area contributed by atoms with Gasteiger partial charge in [0.2, 0.25) is 0 Å². The highest BCUT2D eigenvalue weighted by Crippen LogP contribution is 2.32. The van der Waals surface area contributed by atoms with E-state index in [4.69, 9.17) is 9.47 Å². The first-order chi connectivity index (χ1) is 18.3. The minimum absolute atomic E-state index is 0.0184. The van der Waals surface area contributed by atoms with E-state index in [2.05, 4.69) is 6.58 Å². The van der Waals surface area contributed by atoms with E-state index in [9.17, 15) is 23.1 Å². The van der Waals surface area contributed by atoms with Crippen molar-refractivity contribution in [2.45, 2.75) is 19.4 Å². The Bertz CT molecular complexity index is 1450. The minimum atomic E-state index is -1.03. The lowest BCUT2D eigenvalue weighted by Crippen LogP contribution is -2.09. The molecule has 4 rings (SSSR count). The van der Waals surface area contributed by atoms with Crippen molar-refractivity contribution in [1.82, 2.24) is 0 Å². The normalized spacial score (nSPS) is 11.6. The molecule has 0 aliphatic rings. The van der Waals surface area contributed by atoms with E-state index in [0.717, 1.165) is 6.07 Å². The van der Waals surface area contributed by atoms with E-state index >= 15 is 0 Å². The third-order valence-electron chi connectivity index (χ3n) is 5.91. The number of aliphatic hydroxyl groups excluding tert-OH is 1. The summed E-state index contributed by atoms with van der Waals surface area (Å²) in [7, 11) is 0. The predicted octanol–water partition coefficient (Wildman–Crippen LogP) is 7.67. The number of ether oxygens (including phenoxy) is 2. The van der Waals surface area contributed by atoms with Gasteiger partial charge in [-0.3, -0.25) is 0 Å². The number of benzene rings is 4. The molecule has 4 aromatic rings. The number of rotatable bonds is 9. The van der Waals surface area contributed by atoms with E-state index in [1.165, 1.54) is 48.5 Å². The molecule has 0 fully saturated rings. The maximum atomic E-state index is 15.0. The monoisotopic (exact) mass is 518 g/mol. The van der Waals surface area contributed by atoms with Gasteiger partial charge in [-0.15, -0.1) is 6.58 Å². The summed E-state index contributed by atoms with van der Waals surface area (Å²) in [5.41, 5.74) is 1.70. The summed E-state index contributed by atoms with van der Waals surface area (Å²) in [6.45, 7) is 5.55. The summed E-state index contributed by atoms with van der Waals surface area (Å²) in [4.78, 5) is 12.5. The SMILES string of the molecule is C=CCCOc1ccc(OC(=O)c2ccc(-c3ccc(-c4ccc(C(C)O)cc4)c(F)c3F)cc2)c(F)c1. The third kappa shape index (κ3) is 5.95. The fraction of sp³-hybridized carbons (Fsp3) is 0.129. The number of hydrogen-bond acceptors (Lipinski definition) is 4. The molecule has 38 heavy (non-hydrogen) atoms. The van der Waals surface area contributed by atoms with Crippen LogP contribution in [0.25, 0.3) is 22.3 Å². The summed E-state index contributed by atoms with van der Waals surface area (Å²) in [5, 5.41) is 9.64. The van der Waals surface area contributed by atoms with Gasteiger partial charge >= 0.3 is 5.97 Å². The van der Waals surface area contributed by atoms with Gasteiger partial charge in [0, 0.05) is 17.2 Å². The van der Waals surface area contributed by atoms with Crippen LogP contribution in [-0.4, -0.2) is 17.7 Å². The summed E-state index contributed by atoms with van der Waals surface area (Å²) in [6.07, 6.45) is 1.62. The lowest BCUT2D eigenvalue weighted by molar-refractivity contribution is 0.0727. The van der Waals surface area contributed by atoms with Crippen LogP contribution in [0.5, 0.6) is 11.5 Å². The van der Waals surface area contributed by atoms with Crippen LogP contribution >= 0.6 is 0 Å². The Hall–Kier alpha value is -4.36. The van der Waals surface area contributed by atoms with Gasteiger partial charge in [-0.2, -0.15) is 0 Å². The van der Waals surface area contributed by atoms with Crippen LogP contribution in [0.4, 0.5) is 13.2 Å². The molecule has 0 amide bonds. The number of hydrogen-bond donors (Lipinski definition) is 1. The Morgan fingerprint density at radius 3 is 2.00 bits per heavy atom. The van der Waals surface area contributed by atoms with Gasteiger partial charge in [-0.25, -0.2) is 18.0 Å². The predicted molar refractivity (Wildman–Crippen MR) is 140 cm³/mol. The lowest BCUT2D eigenvalue weighted by Gasteiger charge is -2.11. The average molecular weight is 519 g/mol. The molecule has 0 radical (unpaired) electrons. The Kier molecular flexibility index (Phi) is 8.28. The zero-order chi connectivity index (χ0) is 27.2. The van der Waals surface area contributed by atoms with Crippen LogP contribution in [-0.2, 0) is 0 Å². The summed E-state index contributed by atoms with van der Waals surface area (Å²) in [5.74, 6) is -3.58. The van der Waals surface area contributed by atoms with Gasteiger partial charge in [-0.05, 0) is 54.3 Å². The van der Waals surface area contributed by atoms with Crippen molar-refractivity contribution in [3.05, 3.63) is 120 Å². The molecular formula is C31H25F3O4. The van der Waals surface area contributed by atoms with Gasteiger partial charge in [0.1, 0.15) is 5.75 Å². The van der Waals surface area contributed by atoms with Gasteiger partial charge in [0.05, 0.1) is 18.3 Å². The molecule has 194 valence electrons. The van der Waals surface area contributed by atoms with Crippen LogP contribution in [0.15, 0.2) is 91.5 Å². The standard InChI is InChI=1S/C31H25F3O4/c1-3-4-17-37-24-13-16-28(27(32)18-24)38-31(36)23-11-9-22(10-12-23)26-15-14-25(29(33)30(26)34)21-7-5-20(6-8-21)19(2)35/h3,5-16,18-19,35H,1,4,17H2,2H3. The first-order valence-electron chi connectivity index (χ1n) is 11.9. The fourth-order valence-electron chi connectivity index (χ4n) is 3.80. The maximum absolute atomic E-state index is 15.0. The Balaban J connectivity index is 1.48. The summed E-state index contributed by atoms with van der Waals surface area (Å²) in [6, 6.07) is 19.1. The molecule has 0 aromatic heterocycles. The smallest absolute Gasteiger partial charge is 0.343 e. The first-order valence-corrected chi connectivity index (χ1v) is 11.9. The zero-order valence-electron chi connectivity index (χ0n) is 20.6. The first kappa shape index (κ1) is 26.7. The summed E-state index contributed by atoms with van der Waals surface area (Å²) >= 11 is 0. The second kappa shape index (κ2) is 11.8. The van der Waals surface area contributed by atoms with Crippen molar-refractivity contribution in [1.29, 1.82) is 0 Å². The highest BCUT2D eigenvalue weighted by atomic mass is 19.2. The van der Waals surface area contributed by atoms with Crippen molar-refractivity contribution in [3.8, 4) is 33.8 Å².